The van der Waals surface area contributed by atoms with E-state index in [9.17, 15) is 24.3 Å². The highest BCUT2D eigenvalue weighted by Gasteiger charge is 2.75. The number of alkyl halides is 2. The quantitative estimate of drug-likeness (QED) is 0.337. The first-order valence-corrected chi connectivity index (χ1v) is 14.1. The fraction of sp³-hybridized carbons (Fsp3) is 0.429. The molecule has 6 atom stereocenters. The predicted molar refractivity (Wildman–Crippen MR) is 143 cm³/mol. The number of imide groups is 2. The third-order valence-corrected chi connectivity index (χ3v) is 11.1. The van der Waals surface area contributed by atoms with Gasteiger partial charge in [0.2, 0.25) is 11.8 Å². The maximum atomic E-state index is 13.8. The number of nitrogens with zero attached hydrogens (tertiary/aromatic N) is 2. The smallest absolute Gasteiger partial charge is 0.253 e. The standard InChI is InChI=1S/C28H26Cl2N2O5S/c1-13-9-15(10-14(2)22(13)33)21-17-6-7-18-20(24(35)32(23(18)34)12-16-5-4-8-38-16)19(17)11-27(29)25(36)31(3)26(37)28(21,27)30/h4-6,8-10,18-21,33H,7,11-12H2,1-3H3/t18-,19+,20-,21-,27+,28-/m0/s1. The molecule has 0 radical (unpaired) electrons. The highest BCUT2D eigenvalue weighted by atomic mass is 35.5. The Bertz CT molecular complexity index is 1430. The number of phenols is 1. The zero-order chi connectivity index (χ0) is 27.3. The van der Waals surface area contributed by atoms with E-state index in [2.05, 4.69) is 0 Å². The number of phenolic OH excluding ortho intramolecular Hbond substituents is 1. The van der Waals surface area contributed by atoms with E-state index in [0.717, 1.165) is 15.4 Å². The fourth-order valence-corrected chi connectivity index (χ4v) is 8.77. The number of halogens is 2. The number of fused-ring (bicyclic) bond motifs is 4. The topological polar surface area (TPSA) is 95.0 Å². The van der Waals surface area contributed by atoms with Gasteiger partial charge in [-0.05, 0) is 60.7 Å². The normalized spacial score (nSPS) is 34.4. The van der Waals surface area contributed by atoms with Gasteiger partial charge in [-0.15, -0.1) is 34.5 Å². The molecule has 2 aliphatic carbocycles. The molecule has 0 unspecified atom stereocenters. The van der Waals surface area contributed by atoms with Gasteiger partial charge in [-0.1, -0.05) is 29.8 Å². The molecule has 3 fully saturated rings. The number of hydrogen-bond donors (Lipinski definition) is 1. The van der Waals surface area contributed by atoms with Crippen LogP contribution in [0.15, 0.2) is 41.3 Å². The van der Waals surface area contributed by atoms with Crippen molar-refractivity contribution in [3.05, 3.63) is 62.9 Å². The van der Waals surface area contributed by atoms with Crippen molar-refractivity contribution in [1.29, 1.82) is 0 Å². The second-order valence-corrected chi connectivity index (χ2v) is 13.1. The van der Waals surface area contributed by atoms with Crippen LogP contribution in [0.2, 0.25) is 0 Å². The molecule has 0 bridgehead atoms. The average Bonchev–Trinajstić information content (AvgIpc) is 3.51. The lowest BCUT2D eigenvalue weighted by molar-refractivity contribution is -0.141. The van der Waals surface area contributed by atoms with Gasteiger partial charge >= 0.3 is 0 Å². The Morgan fingerprint density at radius 1 is 1.05 bits per heavy atom. The Hall–Kier alpha value is -2.68. The van der Waals surface area contributed by atoms with Crippen molar-refractivity contribution in [2.24, 2.45) is 17.8 Å². The molecule has 0 spiro atoms. The first-order valence-electron chi connectivity index (χ1n) is 12.5. The fourth-order valence-electron chi connectivity index (χ4n) is 7.05. The number of aryl methyl sites for hydroxylation is 2. The Labute approximate surface area is 234 Å². The van der Waals surface area contributed by atoms with Gasteiger partial charge < -0.3 is 5.11 Å². The van der Waals surface area contributed by atoms with Crippen LogP contribution in [0, 0.1) is 31.6 Å². The Morgan fingerprint density at radius 2 is 1.74 bits per heavy atom. The molecule has 2 aliphatic heterocycles. The molecule has 10 heteroatoms. The summed E-state index contributed by atoms with van der Waals surface area (Å²) in [6.07, 6.45) is 2.22. The van der Waals surface area contributed by atoms with Gasteiger partial charge in [0.15, 0.2) is 9.75 Å². The van der Waals surface area contributed by atoms with E-state index < -0.39 is 45.2 Å². The summed E-state index contributed by atoms with van der Waals surface area (Å²) < 4.78 is 0. The zero-order valence-electron chi connectivity index (χ0n) is 21.0. The Balaban J connectivity index is 1.51. The summed E-state index contributed by atoms with van der Waals surface area (Å²) in [5.74, 6) is -4.22. The number of thiophene rings is 1. The minimum Gasteiger partial charge on any atom is -0.507 e. The highest BCUT2D eigenvalue weighted by Crippen LogP contribution is 2.65. The number of benzene rings is 1. The second kappa shape index (κ2) is 8.41. The van der Waals surface area contributed by atoms with Gasteiger partial charge in [0.1, 0.15) is 5.75 Å². The highest BCUT2D eigenvalue weighted by molar-refractivity contribution is 7.09. The summed E-state index contributed by atoms with van der Waals surface area (Å²) in [5.41, 5.74) is 2.57. The van der Waals surface area contributed by atoms with Gasteiger partial charge in [-0.2, -0.15) is 0 Å². The van der Waals surface area contributed by atoms with Crippen molar-refractivity contribution in [2.45, 2.75) is 48.9 Å². The lowest BCUT2D eigenvalue weighted by Crippen LogP contribution is -2.60. The second-order valence-electron chi connectivity index (χ2n) is 10.8. The van der Waals surface area contributed by atoms with Crippen LogP contribution < -0.4 is 0 Å². The molecule has 3 heterocycles. The van der Waals surface area contributed by atoms with Gasteiger partial charge in [0.05, 0.1) is 18.4 Å². The van der Waals surface area contributed by atoms with E-state index in [-0.39, 0.29) is 30.5 Å². The van der Waals surface area contributed by atoms with Crippen LogP contribution >= 0.6 is 34.5 Å². The van der Waals surface area contributed by atoms with Crippen LogP contribution in [0.4, 0.5) is 0 Å². The van der Waals surface area contributed by atoms with Crippen molar-refractivity contribution >= 4 is 58.2 Å². The van der Waals surface area contributed by atoms with Gasteiger partial charge in [-0.3, -0.25) is 29.0 Å². The summed E-state index contributed by atoms with van der Waals surface area (Å²) in [6, 6.07) is 7.27. The number of allylic oxidation sites excluding steroid dienone is 2. The summed E-state index contributed by atoms with van der Waals surface area (Å²) in [7, 11) is 1.37. The molecule has 1 aromatic heterocycles. The number of rotatable bonds is 3. The van der Waals surface area contributed by atoms with Crippen molar-refractivity contribution < 1.29 is 24.3 Å². The van der Waals surface area contributed by atoms with Crippen LogP contribution in [0.1, 0.15) is 40.3 Å². The maximum Gasteiger partial charge on any atom is 0.253 e. The summed E-state index contributed by atoms with van der Waals surface area (Å²) in [4.78, 5) is 54.0. The first-order chi connectivity index (χ1) is 17.9. The number of carbonyl (C=O) groups excluding carboxylic acids is 4. The number of aromatic hydroxyl groups is 1. The molecule has 6 rings (SSSR count). The molecule has 2 aromatic rings. The molecule has 1 N–H and O–H groups in total. The molecule has 1 aromatic carbocycles. The molecule has 1 saturated carbocycles. The summed E-state index contributed by atoms with van der Waals surface area (Å²) >= 11 is 15.8. The van der Waals surface area contributed by atoms with Crippen molar-refractivity contribution in [3.8, 4) is 5.75 Å². The minimum absolute atomic E-state index is 0.0294. The Morgan fingerprint density at radius 3 is 2.37 bits per heavy atom. The minimum atomic E-state index is -1.83. The molecule has 38 heavy (non-hydrogen) atoms. The van der Waals surface area contributed by atoms with Crippen LogP contribution in [0.3, 0.4) is 0 Å². The van der Waals surface area contributed by atoms with E-state index in [1.165, 1.54) is 23.3 Å². The molecule has 198 valence electrons. The molecular formula is C28H26Cl2N2O5S. The van der Waals surface area contributed by atoms with Gasteiger partial charge in [0.25, 0.3) is 11.8 Å². The van der Waals surface area contributed by atoms with Crippen LogP contribution in [-0.2, 0) is 25.7 Å². The summed E-state index contributed by atoms with van der Waals surface area (Å²) in [5, 5.41) is 12.3. The molecule has 2 saturated heterocycles. The molecule has 7 nitrogen and oxygen atoms in total. The molecular weight excluding hydrogens is 547 g/mol. The van der Waals surface area contributed by atoms with Gasteiger partial charge in [-0.25, -0.2) is 0 Å². The zero-order valence-corrected chi connectivity index (χ0v) is 23.4. The van der Waals surface area contributed by atoms with E-state index >= 15 is 0 Å². The Kier molecular flexibility index (Phi) is 5.66. The largest absolute Gasteiger partial charge is 0.507 e. The van der Waals surface area contributed by atoms with Crippen LogP contribution in [0.25, 0.3) is 0 Å². The van der Waals surface area contributed by atoms with Crippen LogP contribution in [-0.4, -0.2) is 55.3 Å². The third-order valence-electron chi connectivity index (χ3n) is 8.85. The monoisotopic (exact) mass is 572 g/mol. The number of carbonyl (C=O) groups is 4. The number of hydrogen-bond acceptors (Lipinski definition) is 6. The maximum absolute atomic E-state index is 13.8. The van der Waals surface area contributed by atoms with Gasteiger partial charge in [0, 0.05) is 17.8 Å². The lowest BCUT2D eigenvalue weighted by atomic mass is 9.56. The van der Waals surface area contributed by atoms with E-state index in [1.54, 1.807) is 26.0 Å². The van der Waals surface area contributed by atoms with Crippen molar-refractivity contribution in [3.63, 3.8) is 0 Å². The predicted octanol–water partition coefficient (Wildman–Crippen LogP) is 4.26. The van der Waals surface area contributed by atoms with E-state index in [0.29, 0.717) is 23.1 Å². The van der Waals surface area contributed by atoms with Crippen molar-refractivity contribution in [2.75, 3.05) is 7.05 Å². The van der Waals surface area contributed by atoms with Crippen molar-refractivity contribution in [1.82, 2.24) is 9.80 Å². The number of likely N-dealkylation sites (tertiary alicyclic amines) is 2. The molecule has 4 aliphatic rings. The average molecular weight is 573 g/mol. The third kappa shape index (κ3) is 3.14. The number of amides is 4. The first kappa shape index (κ1) is 25.6. The molecule has 4 amide bonds. The summed E-state index contributed by atoms with van der Waals surface area (Å²) in [6.45, 7) is 3.71. The van der Waals surface area contributed by atoms with E-state index in [1.807, 2.05) is 23.6 Å². The lowest BCUT2D eigenvalue weighted by Gasteiger charge is -2.51. The van der Waals surface area contributed by atoms with Crippen LogP contribution in [0.5, 0.6) is 5.75 Å². The SMILES string of the molecule is Cc1cc([C@H]2C3=CC[C@@H]4C(=O)N(Cc5cccs5)C(=O)[C@@H]4[C@@H]3C[C@@]3(Cl)C(=O)N(C)C(=O)[C@@]23Cl)cc(C)c1O. The van der Waals surface area contributed by atoms with E-state index in [4.69, 9.17) is 23.2 Å².